The second-order valence-corrected chi connectivity index (χ2v) is 6.15. The van der Waals surface area contributed by atoms with Crippen LogP contribution < -0.4 is 14.9 Å². The molecule has 7 heteroatoms. The second-order valence-electron chi connectivity index (χ2n) is 5.31. The number of rotatable bonds is 6. The van der Waals surface area contributed by atoms with E-state index in [1.807, 2.05) is 12.1 Å². The average Bonchev–Trinajstić information content (AvgIpc) is 3.05. The summed E-state index contributed by atoms with van der Waals surface area (Å²) >= 11 is 0.949. The van der Waals surface area contributed by atoms with Gasteiger partial charge in [0.25, 0.3) is 5.91 Å². The predicted molar refractivity (Wildman–Crippen MR) is 93.3 cm³/mol. The smallest absolute Gasteiger partial charge is 0.305 e. The van der Waals surface area contributed by atoms with Crippen LogP contribution in [0.5, 0.6) is 5.75 Å². The number of benzene rings is 2. The summed E-state index contributed by atoms with van der Waals surface area (Å²) in [6.07, 6.45) is 0. The summed E-state index contributed by atoms with van der Waals surface area (Å²) < 4.78 is 18.7. The second kappa shape index (κ2) is 7.76. The van der Waals surface area contributed by atoms with Gasteiger partial charge in [-0.05, 0) is 35.4 Å². The van der Waals surface area contributed by atoms with Crippen LogP contribution in [-0.2, 0) is 13.2 Å². The summed E-state index contributed by atoms with van der Waals surface area (Å²) in [6.45, 7) is 0.611. The zero-order valence-corrected chi connectivity index (χ0v) is 13.9. The van der Waals surface area contributed by atoms with Gasteiger partial charge in [0.05, 0.1) is 0 Å². The van der Waals surface area contributed by atoms with E-state index in [1.54, 1.807) is 24.3 Å². The Morgan fingerprint density at radius 2 is 1.96 bits per heavy atom. The third kappa shape index (κ3) is 4.77. The average molecular weight is 358 g/mol. The summed E-state index contributed by atoms with van der Waals surface area (Å²) in [5, 5.41) is 4.21. The fraction of sp³-hybridized carbons (Fsp3) is 0.111. The highest BCUT2D eigenvalue weighted by Crippen LogP contribution is 2.15. The minimum atomic E-state index is -0.329. The van der Waals surface area contributed by atoms with E-state index >= 15 is 0 Å². The van der Waals surface area contributed by atoms with Gasteiger partial charge in [0, 0.05) is 11.9 Å². The van der Waals surface area contributed by atoms with E-state index in [-0.39, 0.29) is 28.9 Å². The molecule has 0 atom stereocenters. The van der Waals surface area contributed by atoms with Crippen LogP contribution in [0.3, 0.4) is 0 Å². The van der Waals surface area contributed by atoms with E-state index in [9.17, 15) is 14.0 Å². The molecule has 0 aliphatic heterocycles. The molecule has 2 N–H and O–H groups in total. The van der Waals surface area contributed by atoms with Crippen LogP contribution in [0.15, 0.2) is 58.7 Å². The van der Waals surface area contributed by atoms with Gasteiger partial charge in [-0.1, -0.05) is 35.6 Å². The first-order valence-corrected chi connectivity index (χ1v) is 8.40. The molecular weight excluding hydrogens is 343 g/mol. The van der Waals surface area contributed by atoms with Crippen molar-refractivity contribution in [2.45, 2.75) is 13.2 Å². The van der Waals surface area contributed by atoms with E-state index < -0.39 is 0 Å². The number of aromatic amines is 1. The van der Waals surface area contributed by atoms with Gasteiger partial charge >= 0.3 is 4.87 Å². The largest absolute Gasteiger partial charge is 0.489 e. The minimum absolute atomic E-state index is 0.255. The molecule has 5 nitrogen and oxygen atoms in total. The molecule has 0 bridgehead atoms. The summed E-state index contributed by atoms with van der Waals surface area (Å²) in [5.41, 5.74) is 1.90. The molecule has 0 fully saturated rings. The summed E-state index contributed by atoms with van der Waals surface area (Å²) in [6, 6.07) is 13.5. The number of H-pyrrole nitrogens is 1. The van der Waals surface area contributed by atoms with Gasteiger partial charge in [0.15, 0.2) is 0 Å². The molecule has 0 spiro atoms. The molecule has 25 heavy (non-hydrogen) atoms. The lowest BCUT2D eigenvalue weighted by molar-refractivity contribution is 0.0946. The molecule has 2 aromatic carbocycles. The Bertz CT molecular complexity index is 918. The number of aromatic nitrogens is 1. The summed E-state index contributed by atoms with van der Waals surface area (Å²) in [5.74, 6) is 0.0328. The maximum Gasteiger partial charge on any atom is 0.305 e. The normalized spacial score (nSPS) is 10.4. The highest BCUT2D eigenvalue weighted by Gasteiger charge is 2.07. The standard InChI is InChI=1S/C18H15FN2O3S/c19-14-3-1-2-13(8-14)10-24-15-6-4-12(5-7-15)9-20-17(22)16-11-25-18(23)21-16/h1-8,11H,9-10H2,(H,20,22)(H,21,23). The van der Waals surface area contributed by atoms with Gasteiger partial charge in [-0.25, -0.2) is 4.39 Å². The molecule has 0 aliphatic rings. The molecule has 1 aromatic heterocycles. The molecule has 0 unspecified atom stereocenters. The van der Waals surface area contributed by atoms with Crippen LogP contribution in [0, 0.1) is 5.82 Å². The highest BCUT2D eigenvalue weighted by molar-refractivity contribution is 7.07. The van der Waals surface area contributed by atoms with Gasteiger partial charge in [0.2, 0.25) is 0 Å². The van der Waals surface area contributed by atoms with Crippen molar-refractivity contribution in [3.8, 4) is 5.75 Å². The fourth-order valence-corrected chi connectivity index (χ4v) is 2.73. The molecule has 0 saturated heterocycles. The number of carbonyl (C=O) groups excluding carboxylic acids is 1. The predicted octanol–water partition coefficient (Wildman–Crippen LogP) is 3.08. The van der Waals surface area contributed by atoms with Crippen molar-refractivity contribution in [3.05, 3.63) is 86.2 Å². The Hall–Kier alpha value is -2.93. The molecule has 1 amide bonds. The fourth-order valence-electron chi connectivity index (χ4n) is 2.17. The number of carbonyl (C=O) groups is 1. The third-order valence-corrected chi connectivity index (χ3v) is 4.11. The molecule has 128 valence electrons. The van der Waals surface area contributed by atoms with Crippen molar-refractivity contribution in [1.82, 2.24) is 10.3 Å². The Kier molecular flexibility index (Phi) is 5.25. The van der Waals surface area contributed by atoms with Gasteiger partial charge in [-0.3, -0.25) is 9.59 Å². The van der Waals surface area contributed by atoms with Crippen molar-refractivity contribution in [2.24, 2.45) is 0 Å². The van der Waals surface area contributed by atoms with Gasteiger partial charge in [-0.2, -0.15) is 0 Å². The lowest BCUT2D eigenvalue weighted by atomic mass is 10.2. The molecule has 3 aromatic rings. The highest BCUT2D eigenvalue weighted by atomic mass is 32.1. The number of thiazole rings is 1. The number of ether oxygens (including phenoxy) is 1. The first-order valence-electron chi connectivity index (χ1n) is 7.52. The first-order chi connectivity index (χ1) is 12.1. The zero-order valence-electron chi connectivity index (χ0n) is 13.1. The quantitative estimate of drug-likeness (QED) is 0.711. The van der Waals surface area contributed by atoms with Crippen LogP contribution in [0.2, 0.25) is 0 Å². The summed E-state index contributed by atoms with van der Waals surface area (Å²) in [7, 11) is 0. The van der Waals surface area contributed by atoms with E-state index in [0.717, 1.165) is 22.5 Å². The van der Waals surface area contributed by atoms with E-state index in [1.165, 1.54) is 17.5 Å². The van der Waals surface area contributed by atoms with E-state index in [0.29, 0.717) is 12.3 Å². The van der Waals surface area contributed by atoms with E-state index in [4.69, 9.17) is 4.74 Å². The van der Waals surface area contributed by atoms with Crippen LogP contribution >= 0.6 is 11.3 Å². The van der Waals surface area contributed by atoms with Gasteiger partial charge in [0.1, 0.15) is 23.9 Å². The maximum atomic E-state index is 13.1. The molecule has 3 rings (SSSR count). The molecule has 0 aliphatic carbocycles. The van der Waals surface area contributed by atoms with Crippen LogP contribution in [0.4, 0.5) is 4.39 Å². The Morgan fingerprint density at radius 3 is 2.64 bits per heavy atom. The van der Waals surface area contributed by atoms with E-state index in [2.05, 4.69) is 10.3 Å². The molecule has 0 radical (unpaired) electrons. The maximum absolute atomic E-state index is 13.1. The lowest BCUT2D eigenvalue weighted by Crippen LogP contribution is -2.23. The number of nitrogens with one attached hydrogen (secondary N) is 2. The Morgan fingerprint density at radius 1 is 1.16 bits per heavy atom. The topological polar surface area (TPSA) is 71.2 Å². The van der Waals surface area contributed by atoms with Crippen LogP contribution in [0.25, 0.3) is 0 Å². The minimum Gasteiger partial charge on any atom is -0.489 e. The SMILES string of the molecule is O=C(NCc1ccc(OCc2cccc(F)c2)cc1)c1csc(=O)[nH]1. The Labute approximate surface area is 147 Å². The van der Waals surface area contributed by atoms with Crippen LogP contribution in [-0.4, -0.2) is 10.9 Å². The van der Waals surface area contributed by atoms with Crippen molar-refractivity contribution in [1.29, 1.82) is 0 Å². The summed E-state index contributed by atoms with van der Waals surface area (Å²) in [4.78, 5) is 25.1. The molecule has 1 heterocycles. The molecular formula is C18H15FN2O3S. The monoisotopic (exact) mass is 358 g/mol. The number of hydrogen-bond acceptors (Lipinski definition) is 4. The van der Waals surface area contributed by atoms with Crippen LogP contribution in [0.1, 0.15) is 21.6 Å². The van der Waals surface area contributed by atoms with Crippen molar-refractivity contribution < 1.29 is 13.9 Å². The first kappa shape index (κ1) is 16.9. The Balaban J connectivity index is 1.51. The molecule has 0 saturated carbocycles. The van der Waals surface area contributed by atoms with Gasteiger partial charge < -0.3 is 15.0 Å². The van der Waals surface area contributed by atoms with Crippen molar-refractivity contribution in [3.63, 3.8) is 0 Å². The van der Waals surface area contributed by atoms with Gasteiger partial charge in [-0.15, -0.1) is 0 Å². The lowest BCUT2D eigenvalue weighted by Gasteiger charge is -2.08. The third-order valence-electron chi connectivity index (χ3n) is 3.44. The zero-order chi connectivity index (χ0) is 17.6. The van der Waals surface area contributed by atoms with Crippen molar-refractivity contribution in [2.75, 3.05) is 0 Å². The number of halogens is 1. The number of hydrogen-bond donors (Lipinski definition) is 2. The van der Waals surface area contributed by atoms with Crippen molar-refractivity contribution >= 4 is 17.2 Å². The number of amides is 1.